The van der Waals surface area contributed by atoms with Crippen molar-refractivity contribution >= 4 is 6.08 Å². The normalized spacial score (nSPS) is 21.8. The summed E-state index contributed by atoms with van der Waals surface area (Å²) >= 11 is 0. The zero-order valence-corrected chi connectivity index (χ0v) is 6.17. The maximum atomic E-state index is 12.7. The van der Waals surface area contributed by atoms with Crippen LogP contribution in [0, 0.1) is 6.92 Å². The van der Waals surface area contributed by atoms with Crippen molar-refractivity contribution in [2.45, 2.75) is 19.5 Å². The number of rotatable bonds is 0. The van der Waals surface area contributed by atoms with Crippen LogP contribution >= 0.6 is 0 Å². The number of allylic oxidation sites excluding steroid dienone is 1. The molecule has 0 spiro atoms. The van der Waals surface area contributed by atoms with Crippen molar-refractivity contribution in [2.75, 3.05) is 0 Å². The molecule has 1 heterocycles. The first kappa shape index (κ1) is 6.58. The lowest BCUT2D eigenvalue weighted by molar-refractivity contribution is 0.328. The van der Waals surface area contributed by atoms with Crippen LogP contribution in [0.4, 0.5) is 4.39 Å². The summed E-state index contributed by atoms with van der Waals surface area (Å²) in [6.07, 6.45) is 2.68. The monoisotopic (exact) mass is 153 g/mol. The number of alkyl halides is 1. The van der Waals surface area contributed by atoms with Gasteiger partial charge in [-0.2, -0.15) is 0 Å². The molecule has 3 heteroatoms. The predicted octanol–water partition coefficient (Wildman–Crippen LogP) is 1.89. The second-order valence-electron chi connectivity index (χ2n) is 2.68. The fraction of sp³-hybridized carbons (Fsp3) is 0.375. The Morgan fingerprint density at radius 3 is 3.36 bits per heavy atom. The van der Waals surface area contributed by atoms with Crippen LogP contribution in [0.1, 0.15) is 17.0 Å². The number of nitrogens with zero attached hydrogens (tertiary/aromatic N) is 1. The van der Waals surface area contributed by atoms with E-state index >= 15 is 0 Å². The average Bonchev–Trinajstić information content (AvgIpc) is 2.32. The smallest absolute Gasteiger partial charge is 0.147 e. The maximum Gasteiger partial charge on any atom is 0.147 e. The molecule has 0 bridgehead atoms. The molecule has 1 atom stereocenters. The van der Waals surface area contributed by atoms with Gasteiger partial charge in [0, 0.05) is 12.0 Å². The Kier molecular flexibility index (Phi) is 1.31. The van der Waals surface area contributed by atoms with Crippen LogP contribution in [0.15, 0.2) is 10.6 Å². The molecule has 0 amide bonds. The SMILES string of the molecule is Cc1noc2c1C=CC(F)C2. The Bertz CT molecular complexity index is 303. The molecular weight excluding hydrogens is 145 g/mol. The van der Waals surface area contributed by atoms with Gasteiger partial charge in [0.2, 0.25) is 0 Å². The summed E-state index contributed by atoms with van der Waals surface area (Å²) in [4.78, 5) is 0. The number of halogens is 1. The Morgan fingerprint density at radius 1 is 1.73 bits per heavy atom. The van der Waals surface area contributed by atoms with E-state index in [0.29, 0.717) is 12.2 Å². The lowest BCUT2D eigenvalue weighted by Crippen LogP contribution is -2.04. The van der Waals surface area contributed by atoms with E-state index in [1.165, 1.54) is 6.08 Å². The fourth-order valence-electron chi connectivity index (χ4n) is 1.23. The lowest BCUT2D eigenvalue weighted by atomic mass is 10.0. The first-order chi connectivity index (χ1) is 5.27. The minimum Gasteiger partial charge on any atom is -0.360 e. The number of aryl methyl sites for hydroxylation is 1. The zero-order valence-electron chi connectivity index (χ0n) is 6.17. The summed E-state index contributed by atoms with van der Waals surface area (Å²) in [5.74, 6) is 0.664. The maximum absolute atomic E-state index is 12.7. The average molecular weight is 153 g/mol. The summed E-state index contributed by atoms with van der Waals surface area (Å²) < 4.78 is 17.6. The van der Waals surface area contributed by atoms with E-state index in [-0.39, 0.29) is 0 Å². The van der Waals surface area contributed by atoms with Gasteiger partial charge in [-0.3, -0.25) is 0 Å². The molecule has 2 rings (SSSR count). The minimum atomic E-state index is -0.908. The van der Waals surface area contributed by atoms with E-state index in [1.807, 2.05) is 6.92 Å². The minimum absolute atomic E-state index is 0.326. The fourth-order valence-corrected chi connectivity index (χ4v) is 1.23. The molecule has 11 heavy (non-hydrogen) atoms. The van der Waals surface area contributed by atoms with Crippen LogP contribution < -0.4 is 0 Å². The lowest BCUT2D eigenvalue weighted by Gasteiger charge is -2.05. The quantitative estimate of drug-likeness (QED) is 0.568. The molecule has 1 aromatic rings. The van der Waals surface area contributed by atoms with Gasteiger partial charge in [0.15, 0.2) is 0 Å². The van der Waals surface area contributed by atoms with Crippen molar-refractivity contribution in [1.82, 2.24) is 5.16 Å². The molecule has 0 fully saturated rings. The molecule has 1 aliphatic rings. The summed E-state index contributed by atoms with van der Waals surface area (Å²) in [6.45, 7) is 1.85. The highest BCUT2D eigenvalue weighted by Crippen LogP contribution is 2.23. The van der Waals surface area contributed by atoms with Crippen LogP contribution in [-0.2, 0) is 6.42 Å². The van der Waals surface area contributed by atoms with Gasteiger partial charge >= 0.3 is 0 Å². The molecule has 1 unspecified atom stereocenters. The van der Waals surface area contributed by atoms with Gasteiger partial charge in [0.25, 0.3) is 0 Å². The second kappa shape index (κ2) is 2.19. The van der Waals surface area contributed by atoms with Crippen molar-refractivity contribution in [3.05, 3.63) is 23.1 Å². The van der Waals surface area contributed by atoms with Crippen LogP contribution in [0.3, 0.4) is 0 Å². The van der Waals surface area contributed by atoms with Crippen LogP contribution in [0.25, 0.3) is 6.08 Å². The zero-order chi connectivity index (χ0) is 7.84. The third-order valence-corrected chi connectivity index (χ3v) is 1.84. The van der Waals surface area contributed by atoms with Crippen molar-refractivity contribution in [3.63, 3.8) is 0 Å². The molecular formula is C8H8FNO. The van der Waals surface area contributed by atoms with Crippen molar-refractivity contribution in [1.29, 1.82) is 0 Å². The topological polar surface area (TPSA) is 26.0 Å². The van der Waals surface area contributed by atoms with Gasteiger partial charge in [-0.1, -0.05) is 11.2 Å². The third kappa shape index (κ3) is 0.964. The van der Waals surface area contributed by atoms with Gasteiger partial charge in [-0.05, 0) is 13.0 Å². The van der Waals surface area contributed by atoms with E-state index < -0.39 is 6.17 Å². The highest BCUT2D eigenvalue weighted by atomic mass is 19.1. The van der Waals surface area contributed by atoms with Gasteiger partial charge in [0.05, 0.1) is 5.69 Å². The molecule has 1 aromatic heterocycles. The number of fused-ring (bicyclic) bond motifs is 1. The first-order valence-electron chi connectivity index (χ1n) is 3.55. The largest absolute Gasteiger partial charge is 0.360 e. The Balaban J connectivity index is 2.48. The van der Waals surface area contributed by atoms with Crippen molar-refractivity contribution < 1.29 is 8.91 Å². The standard InChI is InChI=1S/C8H8FNO/c1-5-7-3-2-6(9)4-8(7)11-10-5/h2-3,6H,4H2,1H3. The third-order valence-electron chi connectivity index (χ3n) is 1.84. The molecule has 0 aromatic carbocycles. The Labute approximate surface area is 63.7 Å². The van der Waals surface area contributed by atoms with Crippen LogP contribution in [0.2, 0.25) is 0 Å². The van der Waals surface area contributed by atoms with Crippen molar-refractivity contribution in [2.24, 2.45) is 0 Å². The first-order valence-corrected chi connectivity index (χ1v) is 3.55. The van der Waals surface area contributed by atoms with E-state index in [1.54, 1.807) is 6.08 Å². The molecule has 0 saturated heterocycles. The van der Waals surface area contributed by atoms with E-state index in [2.05, 4.69) is 5.16 Å². The van der Waals surface area contributed by atoms with Gasteiger partial charge in [0.1, 0.15) is 11.9 Å². The summed E-state index contributed by atoms with van der Waals surface area (Å²) in [5, 5.41) is 3.74. The summed E-state index contributed by atoms with van der Waals surface area (Å²) in [7, 11) is 0. The number of aromatic nitrogens is 1. The van der Waals surface area contributed by atoms with E-state index in [4.69, 9.17) is 4.52 Å². The molecule has 1 aliphatic carbocycles. The molecule has 0 radical (unpaired) electrons. The van der Waals surface area contributed by atoms with Gasteiger partial charge in [-0.25, -0.2) is 4.39 Å². The molecule has 0 N–H and O–H groups in total. The highest BCUT2D eigenvalue weighted by molar-refractivity contribution is 5.56. The molecule has 2 nitrogen and oxygen atoms in total. The predicted molar refractivity (Wildman–Crippen MR) is 38.9 cm³/mol. The molecule has 0 aliphatic heterocycles. The van der Waals surface area contributed by atoms with Crippen LogP contribution in [0.5, 0.6) is 0 Å². The van der Waals surface area contributed by atoms with E-state index in [9.17, 15) is 4.39 Å². The Morgan fingerprint density at radius 2 is 2.55 bits per heavy atom. The number of hydrogen-bond donors (Lipinski definition) is 0. The summed E-state index contributed by atoms with van der Waals surface area (Å²) in [5.41, 5.74) is 1.78. The molecule has 0 saturated carbocycles. The number of hydrogen-bond acceptors (Lipinski definition) is 2. The second-order valence-corrected chi connectivity index (χ2v) is 2.68. The van der Waals surface area contributed by atoms with Crippen molar-refractivity contribution in [3.8, 4) is 0 Å². The molecule has 58 valence electrons. The van der Waals surface area contributed by atoms with E-state index in [0.717, 1.165) is 11.3 Å². The van der Waals surface area contributed by atoms with Gasteiger partial charge in [-0.15, -0.1) is 0 Å². The summed E-state index contributed by atoms with van der Waals surface area (Å²) in [6, 6.07) is 0. The van der Waals surface area contributed by atoms with Crippen LogP contribution in [-0.4, -0.2) is 11.3 Å². The van der Waals surface area contributed by atoms with Gasteiger partial charge < -0.3 is 4.52 Å². The Hall–Kier alpha value is -1.12. The highest BCUT2D eigenvalue weighted by Gasteiger charge is 2.18.